The van der Waals surface area contributed by atoms with Crippen LogP contribution in [0.4, 0.5) is 21.5 Å². The number of nitrogens with one attached hydrogen (secondary N) is 3. The molecule has 0 spiro atoms. The molecule has 3 aromatic carbocycles. The van der Waals surface area contributed by atoms with Crippen molar-refractivity contribution in [1.29, 1.82) is 0 Å². The zero-order chi connectivity index (χ0) is 25.5. The Hall–Kier alpha value is -4.24. The number of halogens is 1. The first-order valence-electron chi connectivity index (χ1n) is 11.7. The number of nitrogens with zero attached hydrogens (tertiary/aromatic N) is 1. The highest BCUT2D eigenvalue weighted by molar-refractivity contribution is 6.10. The third-order valence-electron chi connectivity index (χ3n) is 6.04. The minimum Gasteiger partial charge on any atom is -0.506 e. The summed E-state index contributed by atoms with van der Waals surface area (Å²) in [4.78, 5) is 40.0. The van der Waals surface area contributed by atoms with Crippen molar-refractivity contribution in [3.05, 3.63) is 84.2 Å². The first kappa shape index (κ1) is 24.9. The average Bonchev–Trinajstić information content (AvgIpc) is 2.87. The Labute approximate surface area is 208 Å². The van der Waals surface area contributed by atoms with Crippen molar-refractivity contribution in [2.45, 2.75) is 12.8 Å². The van der Waals surface area contributed by atoms with E-state index in [0.29, 0.717) is 43.0 Å². The third kappa shape index (κ3) is 6.45. The fourth-order valence-corrected chi connectivity index (χ4v) is 4.08. The minimum atomic E-state index is -0.422. The highest BCUT2D eigenvalue weighted by atomic mass is 19.1. The van der Waals surface area contributed by atoms with Crippen LogP contribution in [0.1, 0.15) is 23.2 Å². The van der Waals surface area contributed by atoms with E-state index in [9.17, 15) is 23.9 Å². The van der Waals surface area contributed by atoms with Gasteiger partial charge >= 0.3 is 0 Å². The Kier molecular flexibility index (Phi) is 7.92. The number of anilines is 3. The maximum Gasteiger partial charge on any atom is 0.257 e. The van der Waals surface area contributed by atoms with E-state index in [2.05, 4.69) is 16.0 Å². The summed E-state index contributed by atoms with van der Waals surface area (Å²) in [6.45, 7) is 1.26. The van der Waals surface area contributed by atoms with Crippen molar-refractivity contribution in [2.24, 2.45) is 5.92 Å². The molecule has 0 bridgehead atoms. The van der Waals surface area contributed by atoms with Crippen molar-refractivity contribution < 1.29 is 23.9 Å². The summed E-state index contributed by atoms with van der Waals surface area (Å²) in [7, 11) is 0. The predicted molar refractivity (Wildman–Crippen MR) is 135 cm³/mol. The van der Waals surface area contributed by atoms with Crippen molar-refractivity contribution in [3.8, 4) is 5.75 Å². The number of para-hydroxylation sites is 3. The quantitative estimate of drug-likeness (QED) is 0.373. The van der Waals surface area contributed by atoms with Gasteiger partial charge in [-0.25, -0.2) is 4.39 Å². The van der Waals surface area contributed by atoms with E-state index in [-0.39, 0.29) is 35.6 Å². The molecule has 0 aliphatic carbocycles. The number of hydrogen-bond acceptors (Lipinski definition) is 5. The van der Waals surface area contributed by atoms with E-state index in [1.807, 2.05) is 4.90 Å². The number of amides is 3. The van der Waals surface area contributed by atoms with Gasteiger partial charge in [0.15, 0.2) is 0 Å². The van der Waals surface area contributed by atoms with Gasteiger partial charge in [-0.05, 0) is 74.5 Å². The first-order chi connectivity index (χ1) is 17.4. The summed E-state index contributed by atoms with van der Waals surface area (Å²) in [5.41, 5.74) is 1.48. The topological polar surface area (TPSA) is 111 Å². The van der Waals surface area contributed by atoms with Crippen molar-refractivity contribution in [2.75, 3.05) is 35.6 Å². The van der Waals surface area contributed by atoms with Crippen molar-refractivity contribution >= 4 is 34.8 Å². The minimum absolute atomic E-state index is 0.0200. The molecule has 8 nitrogen and oxygen atoms in total. The first-order valence-corrected chi connectivity index (χ1v) is 11.7. The van der Waals surface area contributed by atoms with Gasteiger partial charge in [0, 0.05) is 11.6 Å². The van der Waals surface area contributed by atoms with Gasteiger partial charge in [0.05, 0.1) is 23.5 Å². The van der Waals surface area contributed by atoms with Crippen LogP contribution in [0.15, 0.2) is 72.8 Å². The van der Waals surface area contributed by atoms with Gasteiger partial charge in [0.2, 0.25) is 11.8 Å². The van der Waals surface area contributed by atoms with E-state index in [1.54, 1.807) is 42.5 Å². The van der Waals surface area contributed by atoms with E-state index < -0.39 is 11.7 Å². The summed E-state index contributed by atoms with van der Waals surface area (Å²) in [5, 5.41) is 18.1. The van der Waals surface area contributed by atoms with Crippen LogP contribution in [0.3, 0.4) is 0 Å². The SMILES string of the molecule is O=C(CN1CCC(C(=O)Nc2ccccc2O)CC1)Nc1ccccc1C(=O)Nc1ccc(F)cc1. The molecule has 0 radical (unpaired) electrons. The molecule has 0 unspecified atom stereocenters. The predicted octanol–water partition coefficient (Wildman–Crippen LogP) is 4.07. The molecule has 0 saturated carbocycles. The van der Waals surface area contributed by atoms with Crippen LogP contribution in [-0.4, -0.2) is 47.4 Å². The van der Waals surface area contributed by atoms with E-state index in [1.165, 1.54) is 30.3 Å². The number of hydrogen-bond donors (Lipinski definition) is 4. The van der Waals surface area contributed by atoms with Gasteiger partial charge in [-0.3, -0.25) is 19.3 Å². The van der Waals surface area contributed by atoms with Gasteiger partial charge in [-0.15, -0.1) is 0 Å². The number of piperidine rings is 1. The standard InChI is InChI=1S/C27H27FN4O4/c28-19-9-11-20(12-10-19)29-27(36)21-5-1-2-6-22(21)30-25(34)17-32-15-13-18(14-16-32)26(35)31-23-7-3-4-8-24(23)33/h1-12,18,33H,13-17H2,(H,29,36)(H,30,34)(H,31,35). The maximum atomic E-state index is 13.1. The van der Waals surface area contributed by atoms with Crippen molar-refractivity contribution in [3.63, 3.8) is 0 Å². The lowest BCUT2D eigenvalue weighted by Gasteiger charge is -2.30. The molecule has 1 aliphatic heterocycles. The number of carbonyl (C=O) groups is 3. The molecule has 0 aromatic heterocycles. The monoisotopic (exact) mass is 490 g/mol. The summed E-state index contributed by atoms with van der Waals surface area (Å²) in [6, 6.07) is 18.7. The molecule has 3 amide bonds. The maximum absolute atomic E-state index is 13.1. The number of phenolic OH excluding ortho intramolecular Hbond substituents is 1. The van der Waals surface area contributed by atoms with E-state index >= 15 is 0 Å². The molecule has 1 heterocycles. The second-order valence-electron chi connectivity index (χ2n) is 8.61. The van der Waals surface area contributed by atoms with Crippen LogP contribution in [0.5, 0.6) is 5.75 Å². The van der Waals surface area contributed by atoms with E-state index in [4.69, 9.17) is 0 Å². The van der Waals surface area contributed by atoms with Gasteiger partial charge in [-0.2, -0.15) is 0 Å². The summed E-state index contributed by atoms with van der Waals surface area (Å²) < 4.78 is 13.1. The lowest BCUT2D eigenvalue weighted by atomic mass is 9.95. The number of likely N-dealkylation sites (tertiary alicyclic amines) is 1. The average molecular weight is 491 g/mol. The van der Waals surface area contributed by atoms with Crippen LogP contribution >= 0.6 is 0 Å². The molecule has 4 N–H and O–H groups in total. The summed E-state index contributed by atoms with van der Waals surface area (Å²) in [6.07, 6.45) is 1.17. The molecule has 1 aliphatic rings. The normalized spacial score (nSPS) is 14.1. The number of aromatic hydroxyl groups is 1. The number of carbonyl (C=O) groups excluding carboxylic acids is 3. The molecule has 9 heteroatoms. The van der Waals surface area contributed by atoms with Gasteiger partial charge < -0.3 is 21.1 Å². The number of benzene rings is 3. The molecule has 3 aromatic rings. The second kappa shape index (κ2) is 11.5. The van der Waals surface area contributed by atoms with Crippen LogP contribution in [0, 0.1) is 11.7 Å². The fraction of sp³-hybridized carbons (Fsp3) is 0.222. The molecule has 0 atom stereocenters. The van der Waals surface area contributed by atoms with Gasteiger partial charge in [0.1, 0.15) is 11.6 Å². The van der Waals surface area contributed by atoms with Crippen LogP contribution < -0.4 is 16.0 Å². The zero-order valence-corrected chi connectivity index (χ0v) is 19.5. The Morgan fingerprint density at radius 3 is 2.17 bits per heavy atom. The highest BCUT2D eigenvalue weighted by Gasteiger charge is 2.26. The lowest BCUT2D eigenvalue weighted by Crippen LogP contribution is -2.41. The Balaban J connectivity index is 1.28. The van der Waals surface area contributed by atoms with Crippen LogP contribution in [0.2, 0.25) is 0 Å². The summed E-state index contributed by atoms with van der Waals surface area (Å²) in [5.74, 6) is -1.43. The Bertz CT molecular complexity index is 1240. The Morgan fingerprint density at radius 1 is 0.833 bits per heavy atom. The fourth-order valence-electron chi connectivity index (χ4n) is 4.08. The molecule has 1 fully saturated rings. The highest BCUT2D eigenvalue weighted by Crippen LogP contribution is 2.25. The molecular formula is C27H27FN4O4. The molecule has 186 valence electrons. The molecule has 36 heavy (non-hydrogen) atoms. The van der Waals surface area contributed by atoms with Crippen LogP contribution in [0.25, 0.3) is 0 Å². The molecule has 4 rings (SSSR count). The number of phenols is 1. The summed E-state index contributed by atoms with van der Waals surface area (Å²) >= 11 is 0. The third-order valence-corrected chi connectivity index (χ3v) is 6.04. The molecule has 1 saturated heterocycles. The smallest absolute Gasteiger partial charge is 0.257 e. The zero-order valence-electron chi connectivity index (χ0n) is 19.5. The lowest BCUT2D eigenvalue weighted by molar-refractivity contribution is -0.121. The Morgan fingerprint density at radius 2 is 1.47 bits per heavy atom. The molecular weight excluding hydrogens is 463 g/mol. The number of rotatable bonds is 7. The largest absolute Gasteiger partial charge is 0.506 e. The van der Waals surface area contributed by atoms with E-state index in [0.717, 1.165) is 0 Å². The van der Waals surface area contributed by atoms with Crippen molar-refractivity contribution in [1.82, 2.24) is 4.90 Å². The van der Waals surface area contributed by atoms with Gasteiger partial charge in [0.25, 0.3) is 5.91 Å². The second-order valence-corrected chi connectivity index (χ2v) is 8.61. The van der Waals surface area contributed by atoms with Crippen LogP contribution in [-0.2, 0) is 9.59 Å². The van der Waals surface area contributed by atoms with Gasteiger partial charge in [-0.1, -0.05) is 24.3 Å².